The summed E-state index contributed by atoms with van der Waals surface area (Å²) in [5.74, 6) is 0.252. The number of thiazole rings is 1. The lowest BCUT2D eigenvalue weighted by molar-refractivity contribution is -0.123. The summed E-state index contributed by atoms with van der Waals surface area (Å²) in [6, 6.07) is 10.7. The Morgan fingerprint density at radius 2 is 1.78 bits per heavy atom. The first-order chi connectivity index (χ1) is 15.5. The van der Waals surface area contributed by atoms with Crippen molar-refractivity contribution in [1.82, 2.24) is 4.98 Å². The molecule has 7 atom stereocenters. The molecule has 0 spiro atoms. The maximum atomic E-state index is 13.6. The van der Waals surface area contributed by atoms with Crippen LogP contribution in [0.15, 0.2) is 56.9 Å². The Balaban J connectivity index is 1.32. The van der Waals surface area contributed by atoms with Crippen LogP contribution in [0.1, 0.15) is 23.0 Å². The van der Waals surface area contributed by atoms with Crippen LogP contribution in [0.3, 0.4) is 0 Å². The van der Waals surface area contributed by atoms with Gasteiger partial charge in [0.15, 0.2) is 0 Å². The van der Waals surface area contributed by atoms with Crippen LogP contribution < -0.4 is 9.77 Å². The van der Waals surface area contributed by atoms with Crippen LogP contribution in [0.25, 0.3) is 0 Å². The number of rotatable bonds is 2. The summed E-state index contributed by atoms with van der Waals surface area (Å²) in [7, 11) is 0. The zero-order valence-electron chi connectivity index (χ0n) is 16.6. The van der Waals surface area contributed by atoms with Gasteiger partial charge in [-0.1, -0.05) is 22.9 Å². The van der Waals surface area contributed by atoms with Gasteiger partial charge in [-0.15, -0.1) is 11.8 Å². The van der Waals surface area contributed by atoms with E-state index >= 15 is 0 Å². The number of furan rings is 1. The maximum absolute atomic E-state index is 13.6. The Hall–Kier alpha value is -2.29. The summed E-state index contributed by atoms with van der Waals surface area (Å²) in [6.07, 6.45) is 2.52. The number of fused-ring (bicyclic) bond motifs is 9. The summed E-state index contributed by atoms with van der Waals surface area (Å²) in [5.41, 5.74) is 0.583. The van der Waals surface area contributed by atoms with E-state index in [2.05, 4.69) is 4.98 Å². The van der Waals surface area contributed by atoms with Gasteiger partial charge < -0.3 is 9.40 Å². The molecule has 32 heavy (non-hydrogen) atoms. The number of nitrogens with one attached hydrogen (secondary N) is 1. The number of benzene rings is 1. The van der Waals surface area contributed by atoms with Crippen molar-refractivity contribution in [3.05, 3.63) is 68.0 Å². The lowest BCUT2D eigenvalue weighted by atomic mass is 9.69. The highest BCUT2D eigenvalue weighted by Gasteiger charge is 2.70. The Kier molecular flexibility index (Phi) is 3.97. The first-order valence-corrected chi connectivity index (χ1v) is 12.7. The summed E-state index contributed by atoms with van der Waals surface area (Å²) in [6.45, 7) is 0. The number of hydrogen-bond acceptors (Lipinski definition) is 6. The number of amides is 2. The Bertz CT molecular complexity index is 1310. The van der Waals surface area contributed by atoms with E-state index in [4.69, 9.17) is 16.0 Å². The van der Waals surface area contributed by atoms with E-state index in [1.54, 1.807) is 42.3 Å². The molecule has 1 N–H and O–H groups in total. The topological polar surface area (TPSA) is 83.4 Å². The SMILES string of the molecule is O=C1[C@H]2[C@@H]3C[C@@H]([C@@H]2C(=O)N1c1ccc(Cl)cc1)[C@H]1[C@@H](c2ccco2)c2sc(=O)[nH]c2S[C@H]31. The number of halogens is 1. The maximum Gasteiger partial charge on any atom is 0.305 e. The molecule has 9 heteroatoms. The molecule has 2 aromatic heterocycles. The number of nitrogens with zero attached hydrogens (tertiary/aromatic N) is 1. The zero-order chi connectivity index (χ0) is 21.7. The standard InChI is InChI=1S/C23H17ClN2O4S2/c24-9-3-5-10(6-4-9)26-21(27)15-11-8-12(16(15)22(26)28)18-14(11)17(13-2-1-7-30-13)19-20(31-18)25-23(29)32-19/h1-7,11-12,14-18H,8H2,(H,25,29)/t11-,12+,14+,15+,16+,17-,18-/m1/s1. The second-order valence-electron chi connectivity index (χ2n) is 8.96. The highest BCUT2D eigenvalue weighted by Crippen LogP contribution is 2.68. The number of carbonyl (C=O) groups is 2. The van der Waals surface area contributed by atoms with Crippen molar-refractivity contribution >= 4 is 52.2 Å². The van der Waals surface area contributed by atoms with Gasteiger partial charge in [-0.05, 0) is 60.6 Å². The third-order valence-corrected chi connectivity index (χ3v) is 10.5. The van der Waals surface area contributed by atoms with Crippen LogP contribution in [-0.2, 0) is 9.59 Å². The van der Waals surface area contributed by atoms with Gasteiger partial charge in [0.2, 0.25) is 11.8 Å². The highest BCUT2D eigenvalue weighted by molar-refractivity contribution is 8.00. The van der Waals surface area contributed by atoms with Crippen molar-refractivity contribution in [2.45, 2.75) is 22.6 Å². The van der Waals surface area contributed by atoms with E-state index in [0.717, 1.165) is 22.1 Å². The summed E-state index contributed by atoms with van der Waals surface area (Å²) < 4.78 is 5.82. The first kappa shape index (κ1) is 19.2. The van der Waals surface area contributed by atoms with Crippen molar-refractivity contribution in [2.75, 3.05) is 4.90 Å². The highest BCUT2D eigenvalue weighted by atomic mass is 35.5. The molecule has 0 radical (unpaired) electrons. The molecule has 162 valence electrons. The van der Waals surface area contributed by atoms with Crippen LogP contribution in [-0.4, -0.2) is 22.0 Å². The number of imide groups is 1. The Morgan fingerprint density at radius 1 is 1.03 bits per heavy atom. The molecule has 2 amide bonds. The summed E-state index contributed by atoms with van der Waals surface area (Å²) in [5, 5.41) is 1.62. The smallest absolute Gasteiger partial charge is 0.305 e. The third kappa shape index (κ3) is 2.40. The van der Waals surface area contributed by atoms with E-state index in [-0.39, 0.29) is 57.4 Å². The average Bonchev–Trinajstić information content (AvgIpc) is 3.57. The molecule has 7 rings (SSSR count). The van der Waals surface area contributed by atoms with Gasteiger partial charge in [0.25, 0.3) is 0 Å². The van der Waals surface area contributed by atoms with Crippen molar-refractivity contribution in [2.24, 2.45) is 29.6 Å². The van der Waals surface area contributed by atoms with Gasteiger partial charge in [-0.25, -0.2) is 0 Å². The molecular formula is C23H17ClN2O4S2. The van der Waals surface area contributed by atoms with Crippen LogP contribution in [0.5, 0.6) is 0 Å². The number of H-pyrrole nitrogens is 1. The normalized spacial score (nSPS) is 34.7. The minimum Gasteiger partial charge on any atom is -0.469 e. The lowest BCUT2D eigenvalue weighted by Gasteiger charge is -2.42. The molecule has 2 bridgehead atoms. The molecule has 6 nitrogen and oxygen atoms in total. The van der Waals surface area contributed by atoms with Gasteiger partial charge >= 0.3 is 4.87 Å². The molecule has 4 aliphatic rings. The van der Waals surface area contributed by atoms with Crippen LogP contribution in [0, 0.1) is 29.6 Å². The summed E-state index contributed by atoms with van der Waals surface area (Å²) >= 11 is 8.92. The monoisotopic (exact) mass is 484 g/mol. The second kappa shape index (κ2) is 6.62. The van der Waals surface area contributed by atoms with Crippen LogP contribution in [0.4, 0.5) is 5.69 Å². The third-order valence-electron chi connectivity index (χ3n) is 7.66. The summed E-state index contributed by atoms with van der Waals surface area (Å²) in [4.78, 5) is 44.5. The number of anilines is 1. The number of aromatic amines is 1. The van der Waals surface area contributed by atoms with Crippen LogP contribution >= 0.6 is 34.7 Å². The van der Waals surface area contributed by atoms with Gasteiger partial charge in [0.05, 0.1) is 39.6 Å². The molecule has 2 aliphatic carbocycles. The average molecular weight is 485 g/mol. The van der Waals surface area contributed by atoms with Crippen molar-refractivity contribution < 1.29 is 14.0 Å². The molecule has 2 saturated carbocycles. The first-order valence-electron chi connectivity index (χ1n) is 10.6. The van der Waals surface area contributed by atoms with Gasteiger partial charge in [0.1, 0.15) is 5.76 Å². The molecule has 0 unspecified atom stereocenters. The number of thioether (sulfide) groups is 1. The predicted octanol–water partition coefficient (Wildman–Crippen LogP) is 4.36. The van der Waals surface area contributed by atoms with Crippen LogP contribution in [0.2, 0.25) is 5.02 Å². The molecule has 1 aromatic carbocycles. The van der Waals surface area contributed by atoms with Gasteiger partial charge in [0, 0.05) is 10.3 Å². The van der Waals surface area contributed by atoms with E-state index in [0.29, 0.717) is 10.7 Å². The van der Waals surface area contributed by atoms with Gasteiger partial charge in [-0.2, -0.15) is 0 Å². The number of aromatic nitrogens is 1. The molecule has 3 fully saturated rings. The molecule has 4 heterocycles. The zero-order valence-corrected chi connectivity index (χ0v) is 19.0. The predicted molar refractivity (Wildman–Crippen MR) is 121 cm³/mol. The van der Waals surface area contributed by atoms with E-state index in [9.17, 15) is 14.4 Å². The fourth-order valence-electron chi connectivity index (χ4n) is 6.65. The second-order valence-corrected chi connectivity index (χ2v) is 11.6. The molecule has 1 saturated heterocycles. The van der Waals surface area contributed by atoms with E-state index in [1.165, 1.54) is 16.2 Å². The van der Waals surface area contributed by atoms with E-state index in [1.807, 2.05) is 12.1 Å². The molecule has 2 aliphatic heterocycles. The molecule has 3 aromatic rings. The Labute approximate surface area is 195 Å². The lowest BCUT2D eigenvalue weighted by Crippen LogP contribution is -2.42. The van der Waals surface area contributed by atoms with E-state index < -0.39 is 0 Å². The van der Waals surface area contributed by atoms with Crippen molar-refractivity contribution in [3.8, 4) is 0 Å². The van der Waals surface area contributed by atoms with Crippen molar-refractivity contribution in [3.63, 3.8) is 0 Å². The Morgan fingerprint density at radius 3 is 2.50 bits per heavy atom. The fourth-order valence-corrected chi connectivity index (χ4v) is 9.64. The minimum atomic E-state index is -0.320. The largest absolute Gasteiger partial charge is 0.469 e. The fraction of sp³-hybridized carbons (Fsp3) is 0.348. The van der Waals surface area contributed by atoms with Crippen molar-refractivity contribution in [1.29, 1.82) is 0 Å². The number of hydrogen-bond donors (Lipinski definition) is 1. The number of carbonyl (C=O) groups excluding carboxylic acids is 2. The quantitative estimate of drug-likeness (QED) is 0.546. The van der Waals surface area contributed by atoms with Gasteiger partial charge in [-0.3, -0.25) is 19.3 Å². The molecular weight excluding hydrogens is 468 g/mol. The minimum absolute atomic E-state index is 0.0707.